The molecule has 1 N–H and O–H groups in total. The molecule has 3 aromatic heterocycles. The lowest BCUT2D eigenvalue weighted by atomic mass is 10.2. The number of thiazole rings is 1. The number of rotatable bonds is 7. The van der Waals surface area contributed by atoms with E-state index in [1.165, 1.54) is 11.3 Å². The van der Waals surface area contributed by atoms with Crippen molar-refractivity contribution < 1.29 is 9.53 Å². The second-order valence-corrected chi connectivity index (χ2v) is 8.15. The Balaban J connectivity index is 1.29. The number of pyridine rings is 1. The van der Waals surface area contributed by atoms with Gasteiger partial charge in [0, 0.05) is 18.1 Å². The molecule has 0 aliphatic heterocycles. The summed E-state index contributed by atoms with van der Waals surface area (Å²) in [5.41, 5.74) is 1.62. The fourth-order valence-corrected chi connectivity index (χ4v) is 4.62. The molecule has 0 saturated heterocycles. The Labute approximate surface area is 171 Å². The van der Waals surface area contributed by atoms with Crippen molar-refractivity contribution in [1.82, 2.24) is 15.3 Å². The number of nitrogens with zero attached hydrogens (tertiary/aromatic N) is 2. The minimum atomic E-state index is -0.0790. The van der Waals surface area contributed by atoms with Crippen LogP contribution in [0.5, 0.6) is 5.75 Å². The number of aryl methyl sites for hydroxylation is 1. The number of thiophene rings is 1. The standard InChI is InChI=1S/C21H19N3O2S2/c1-14-19(28-21(24-14)17-9-4-13-27-17)20(25)23-11-5-12-26-16-8-2-6-15-7-3-10-22-18(15)16/h2-4,6-10,13H,5,11-12H2,1H3,(H,23,25). The Morgan fingerprint density at radius 1 is 1.18 bits per heavy atom. The molecule has 0 aliphatic rings. The van der Waals surface area contributed by atoms with Crippen LogP contribution in [0.1, 0.15) is 21.8 Å². The molecule has 0 aliphatic carbocycles. The van der Waals surface area contributed by atoms with Gasteiger partial charge in [-0.05, 0) is 36.9 Å². The fraction of sp³-hybridized carbons (Fsp3) is 0.190. The minimum absolute atomic E-state index is 0.0790. The van der Waals surface area contributed by atoms with Gasteiger partial charge in [-0.3, -0.25) is 9.78 Å². The van der Waals surface area contributed by atoms with Crippen LogP contribution in [0.2, 0.25) is 0 Å². The Hall–Kier alpha value is -2.77. The number of para-hydroxylation sites is 1. The van der Waals surface area contributed by atoms with Gasteiger partial charge in [0.2, 0.25) is 0 Å². The highest BCUT2D eigenvalue weighted by Crippen LogP contribution is 2.31. The summed E-state index contributed by atoms with van der Waals surface area (Å²) in [5.74, 6) is 0.688. The predicted molar refractivity (Wildman–Crippen MR) is 114 cm³/mol. The molecule has 142 valence electrons. The van der Waals surface area contributed by atoms with Crippen LogP contribution in [0.4, 0.5) is 0 Å². The Morgan fingerprint density at radius 3 is 2.93 bits per heavy atom. The molecule has 7 heteroatoms. The molecule has 3 heterocycles. The highest BCUT2D eigenvalue weighted by atomic mass is 32.1. The first kappa shape index (κ1) is 18.6. The van der Waals surface area contributed by atoms with Crippen molar-refractivity contribution in [2.45, 2.75) is 13.3 Å². The van der Waals surface area contributed by atoms with Crippen molar-refractivity contribution in [3.8, 4) is 15.6 Å². The van der Waals surface area contributed by atoms with Crippen LogP contribution < -0.4 is 10.1 Å². The van der Waals surface area contributed by atoms with Crippen LogP contribution in [0, 0.1) is 6.92 Å². The third kappa shape index (κ3) is 4.05. The first-order valence-corrected chi connectivity index (χ1v) is 10.7. The smallest absolute Gasteiger partial charge is 0.263 e. The lowest BCUT2D eigenvalue weighted by Gasteiger charge is -2.09. The molecule has 4 rings (SSSR count). The molecule has 0 radical (unpaired) electrons. The molecule has 1 amide bonds. The molecule has 5 nitrogen and oxygen atoms in total. The second kappa shape index (κ2) is 8.50. The molecule has 0 bridgehead atoms. The van der Waals surface area contributed by atoms with E-state index in [0.717, 1.165) is 32.2 Å². The molecule has 0 spiro atoms. The van der Waals surface area contributed by atoms with Crippen molar-refractivity contribution in [2.75, 3.05) is 13.2 Å². The maximum atomic E-state index is 12.5. The number of aromatic nitrogens is 2. The number of hydrogen-bond acceptors (Lipinski definition) is 6. The number of hydrogen-bond donors (Lipinski definition) is 1. The Kier molecular flexibility index (Phi) is 5.64. The number of ether oxygens (including phenoxy) is 1. The van der Waals surface area contributed by atoms with Gasteiger partial charge in [-0.15, -0.1) is 22.7 Å². The van der Waals surface area contributed by atoms with Crippen molar-refractivity contribution in [2.24, 2.45) is 0 Å². The quantitative estimate of drug-likeness (QED) is 0.440. The molecular weight excluding hydrogens is 390 g/mol. The number of amides is 1. The van der Waals surface area contributed by atoms with E-state index in [1.54, 1.807) is 17.5 Å². The summed E-state index contributed by atoms with van der Waals surface area (Å²) in [6.07, 6.45) is 2.47. The third-order valence-corrected chi connectivity index (χ3v) is 6.39. The summed E-state index contributed by atoms with van der Waals surface area (Å²) >= 11 is 3.06. The lowest BCUT2D eigenvalue weighted by molar-refractivity contribution is 0.0955. The van der Waals surface area contributed by atoms with Crippen molar-refractivity contribution in [3.05, 3.63) is 64.6 Å². The van der Waals surface area contributed by atoms with E-state index in [1.807, 2.05) is 54.8 Å². The zero-order valence-electron chi connectivity index (χ0n) is 15.3. The van der Waals surface area contributed by atoms with Crippen molar-refractivity contribution >= 4 is 39.5 Å². The van der Waals surface area contributed by atoms with Gasteiger partial charge in [-0.1, -0.05) is 24.3 Å². The Morgan fingerprint density at radius 2 is 2.07 bits per heavy atom. The van der Waals surface area contributed by atoms with Crippen LogP contribution >= 0.6 is 22.7 Å². The number of carbonyl (C=O) groups excluding carboxylic acids is 1. The van der Waals surface area contributed by atoms with E-state index in [4.69, 9.17) is 4.74 Å². The zero-order valence-corrected chi connectivity index (χ0v) is 17.0. The van der Waals surface area contributed by atoms with Gasteiger partial charge in [0.15, 0.2) is 0 Å². The average Bonchev–Trinajstić information content (AvgIpc) is 3.37. The monoisotopic (exact) mass is 409 g/mol. The maximum Gasteiger partial charge on any atom is 0.263 e. The van der Waals surface area contributed by atoms with E-state index in [0.29, 0.717) is 24.4 Å². The van der Waals surface area contributed by atoms with E-state index in [2.05, 4.69) is 15.3 Å². The number of nitrogens with one attached hydrogen (secondary N) is 1. The van der Waals surface area contributed by atoms with Gasteiger partial charge in [-0.25, -0.2) is 4.98 Å². The fourth-order valence-electron chi connectivity index (χ4n) is 2.84. The van der Waals surface area contributed by atoms with Crippen molar-refractivity contribution in [1.29, 1.82) is 0 Å². The Bertz CT molecular complexity index is 1080. The lowest BCUT2D eigenvalue weighted by Crippen LogP contribution is -2.25. The average molecular weight is 410 g/mol. The number of fused-ring (bicyclic) bond motifs is 1. The molecule has 1 aromatic carbocycles. The molecular formula is C21H19N3O2S2. The van der Waals surface area contributed by atoms with Crippen LogP contribution in [0.3, 0.4) is 0 Å². The van der Waals surface area contributed by atoms with Crippen molar-refractivity contribution in [3.63, 3.8) is 0 Å². The first-order chi connectivity index (χ1) is 13.7. The predicted octanol–water partition coefficient (Wildman–Crippen LogP) is 4.93. The van der Waals surface area contributed by atoms with E-state index < -0.39 is 0 Å². The van der Waals surface area contributed by atoms with E-state index in [9.17, 15) is 4.79 Å². The molecule has 0 saturated carbocycles. The summed E-state index contributed by atoms with van der Waals surface area (Å²) in [7, 11) is 0. The van der Waals surface area contributed by atoms with Crippen LogP contribution in [-0.2, 0) is 0 Å². The molecule has 0 atom stereocenters. The van der Waals surface area contributed by atoms with Crippen LogP contribution in [0.15, 0.2) is 54.0 Å². The van der Waals surface area contributed by atoms with Gasteiger partial charge in [-0.2, -0.15) is 0 Å². The molecule has 0 unspecified atom stereocenters. The summed E-state index contributed by atoms with van der Waals surface area (Å²) in [6.45, 7) is 2.93. The van der Waals surface area contributed by atoms with Crippen LogP contribution in [0.25, 0.3) is 20.8 Å². The second-order valence-electron chi connectivity index (χ2n) is 6.20. The normalized spacial score (nSPS) is 10.9. The van der Waals surface area contributed by atoms with E-state index in [-0.39, 0.29) is 5.91 Å². The highest BCUT2D eigenvalue weighted by Gasteiger charge is 2.16. The summed E-state index contributed by atoms with van der Waals surface area (Å²) in [6, 6.07) is 13.8. The van der Waals surface area contributed by atoms with Gasteiger partial charge in [0.1, 0.15) is 21.2 Å². The first-order valence-electron chi connectivity index (χ1n) is 8.98. The summed E-state index contributed by atoms with van der Waals surface area (Å²) in [4.78, 5) is 23.1. The number of benzene rings is 1. The minimum Gasteiger partial charge on any atom is -0.491 e. The highest BCUT2D eigenvalue weighted by molar-refractivity contribution is 7.22. The molecule has 0 fully saturated rings. The largest absolute Gasteiger partial charge is 0.491 e. The maximum absolute atomic E-state index is 12.5. The zero-order chi connectivity index (χ0) is 19.3. The van der Waals surface area contributed by atoms with E-state index >= 15 is 0 Å². The summed E-state index contributed by atoms with van der Waals surface area (Å²) < 4.78 is 5.86. The van der Waals surface area contributed by atoms with Gasteiger partial charge < -0.3 is 10.1 Å². The number of carbonyl (C=O) groups is 1. The third-order valence-electron chi connectivity index (χ3n) is 4.19. The van der Waals surface area contributed by atoms with Gasteiger partial charge in [0.05, 0.1) is 17.2 Å². The SMILES string of the molecule is Cc1nc(-c2cccs2)sc1C(=O)NCCCOc1cccc2cccnc12. The topological polar surface area (TPSA) is 64.1 Å². The van der Waals surface area contributed by atoms with Crippen LogP contribution in [-0.4, -0.2) is 29.0 Å². The van der Waals surface area contributed by atoms with Gasteiger partial charge in [0.25, 0.3) is 5.91 Å². The molecule has 28 heavy (non-hydrogen) atoms. The molecule has 4 aromatic rings. The summed E-state index contributed by atoms with van der Waals surface area (Å²) in [5, 5.41) is 6.92. The van der Waals surface area contributed by atoms with Gasteiger partial charge >= 0.3 is 0 Å².